The summed E-state index contributed by atoms with van der Waals surface area (Å²) < 4.78 is 5.26. The van der Waals surface area contributed by atoms with Gasteiger partial charge < -0.3 is 4.74 Å². The summed E-state index contributed by atoms with van der Waals surface area (Å²) in [5, 5.41) is 3.42. The summed E-state index contributed by atoms with van der Waals surface area (Å²) in [5.41, 5.74) is 3.88. The van der Waals surface area contributed by atoms with Crippen molar-refractivity contribution in [3.8, 4) is 10.6 Å². The molecular weight excluding hydrogens is 378 g/mol. The molecule has 0 bridgehead atoms. The summed E-state index contributed by atoms with van der Waals surface area (Å²) in [4.78, 5) is 16.5. The fourth-order valence-electron chi connectivity index (χ4n) is 2.48. The van der Waals surface area contributed by atoms with Gasteiger partial charge in [0.1, 0.15) is 11.6 Å². The Bertz CT molecular complexity index is 945. The van der Waals surface area contributed by atoms with E-state index in [9.17, 15) is 4.79 Å². The van der Waals surface area contributed by atoms with E-state index in [0.29, 0.717) is 10.9 Å². The molecule has 3 nitrogen and oxygen atoms in total. The van der Waals surface area contributed by atoms with Crippen molar-refractivity contribution in [2.45, 2.75) is 26.4 Å². The Morgan fingerprint density at radius 3 is 2.63 bits per heavy atom. The predicted molar refractivity (Wildman–Crippen MR) is 112 cm³/mol. The lowest BCUT2D eigenvalue weighted by Gasteiger charge is -2.05. The van der Waals surface area contributed by atoms with Gasteiger partial charge in [0, 0.05) is 22.0 Å². The molecule has 1 aromatic heterocycles. The van der Waals surface area contributed by atoms with Gasteiger partial charge in [-0.05, 0) is 29.2 Å². The molecule has 3 rings (SSSR count). The van der Waals surface area contributed by atoms with Crippen LogP contribution in [0.5, 0.6) is 0 Å². The number of benzene rings is 2. The Kier molecular flexibility index (Phi) is 6.43. The topological polar surface area (TPSA) is 39.2 Å². The number of hydrogen-bond donors (Lipinski definition) is 0. The molecule has 0 atom stereocenters. The summed E-state index contributed by atoms with van der Waals surface area (Å²) in [6, 6.07) is 15.7. The Balaban J connectivity index is 1.58. The molecule has 0 spiro atoms. The molecule has 1 heterocycles. The van der Waals surface area contributed by atoms with Gasteiger partial charge in [-0.25, -0.2) is 9.78 Å². The molecule has 0 N–H and O–H groups in total. The lowest BCUT2D eigenvalue weighted by Crippen LogP contribution is -2.01. The molecule has 0 saturated carbocycles. The molecule has 0 fully saturated rings. The second-order valence-electron chi connectivity index (χ2n) is 6.38. The lowest BCUT2D eigenvalue weighted by atomic mass is 10.0. The van der Waals surface area contributed by atoms with E-state index in [2.05, 4.69) is 43.1 Å². The molecule has 0 saturated heterocycles. The normalized spacial score (nSPS) is 11.3. The van der Waals surface area contributed by atoms with E-state index < -0.39 is 5.97 Å². The summed E-state index contributed by atoms with van der Waals surface area (Å²) in [5.74, 6) is 0.0786. The van der Waals surface area contributed by atoms with Crippen molar-refractivity contribution < 1.29 is 9.53 Å². The predicted octanol–water partition coefficient (Wildman–Crippen LogP) is 6.34. The van der Waals surface area contributed by atoms with E-state index >= 15 is 0 Å². The van der Waals surface area contributed by atoms with Crippen LogP contribution in [0.4, 0.5) is 0 Å². The molecule has 0 unspecified atom stereocenters. The summed E-state index contributed by atoms with van der Waals surface area (Å²) >= 11 is 7.60. The smallest absolute Gasteiger partial charge is 0.331 e. The van der Waals surface area contributed by atoms with Gasteiger partial charge in [-0.3, -0.25) is 0 Å². The fourth-order valence-corrected chi connectivity index (χ4v) is 3.49. The van der Waals surface area contributed by atoms with Gasteiger partial charge in [0.05, 0.1) is 5.69 Å². The highest BCUT2D eigenvalue weighted by molar-refractivity contribution is 7.13. The number of ether oxygens (including phenoxy) is 1. The fraction of sp³-hybridized carbons (Fsp3) is 0.182. The number of hydrogen-bond acceptors (Lipinski definition) is 4. The third-order valence-electron chi connectivity index (χ3n) is 4.04. The summed E-state index contributed by atoms with van der Waals surface area (Å²) in [6.45, 7) is 4.49. The van der Waals surface area contributed by atoms with Crippen molar-refractivity contribution in [3.05, 3.63) is 81.8 Å². The quantitative estimate of drug-likeness (QED) is 0.359. The molecule has 0 aliphatic carbocycles. The number of aromatic nitrogens is 1. The Hall–Kier alpha value is -2.43. The van der Waals surface area contributed by atoms with Gasteiger partial charge in [-0.15, -0.1) is 11.3 Å². The SMILES string of the molecule is CC(C)c1ccc(-c2nc(COC(=O)/C=C/c3ccccc3Cl)cs2)cc1. The summed E-state index contributed by atoms with van der Waals surface area (Å²) in [6.07, 6.45) is 3.02. The third kappa shape index (κ3) is 5.28. The van der Waals surface area contributed by atoms with Crippen molar-refractivity contribution in [2.24, 2.45) is 0 Å². The van der Waals surface area contributed by atoms with Crippen LogP contribution in [0.2, 0.25) is 5.02 Å². The van der Waals surface area contributed by atoms with Crippen LogP contribution in [0, 0.1) is 0 Å². The standard InChI is InChI=1S/C22H20ClNO2S/c1-15(2)16-7-9-18(10-8-16)22-24-19(14-27-22)13-26-21(25)12-11-17-5-3-4-6-20(17)23/h3-12,14-15H,13H2,1-2H3/b12-11+. The van der Waals surface area contributed by atoms with Crippen molar-refractivity contribution in [1.29, 1.82) is 0 Å². The van der Waals surface area contributed by atoms with Crippen molar-refractivity contribution in [2.75, 3.05) is 0 Å². The minimum absolute atomic E-state index is 0.145. The number of carbonyl (C=O) groups excluding carboxylic acids is 1. The molecular formula is C22H20ClNO2S. The number of thiazole rings is 1. The molecule has 138 valence electrons. The molecule has 5 heteroatoms. The maximum atomic E-state index is 11.9. The van der Waals surface area contributed by atoms with Crippen LogP contribution in [0.15, 0.2) is 60.0 Å². The number of rotatable bonds is 6. The highest BCUT2D eigenvalue weighted by atomic mass is 35.5. The maximum Gasteiger partial charge on any atom is 0.331 e. The van der Waals surface area contributed by atoms with Crippen LogP contribution in [-0.4, -0.2) is 11.0 Å². The number of esters is 1. The van der Waals surface area contributed by atoms with Crippen LogP contribution >= 0.6 is 22.9 Å². The monoisotopic (exact) mass is 397 g/mol. The Labute approximate surface area is 168 Å². The average Bonchev–Trinajstić information content (AvgIpc) is 3.15. The van der Waals surface area contributed by atoms with Gasteiger partial charge in [-0.1, -0.05) is 67.9 Å². The molecule has 0 aliphatic heterocycles. The van der Waals surface area contributed by atoms with Gasteiger partial charge >= 0.3 is 5.97 Å². The second kappa shape index (κ2) is 8.98. The first-order chi connectivity index (χ1) is 13.0. The van der Waals surface area contributed by atoms with Crippen LogP contribution in [0.1, 0.15) is 36.6 Å². The van der Waals surface area contributed by atoms with E-state index in [4.69, 9.17) is 16.3 Å². The van der Waals surface area contributed by atoms with Crippen molar-refractivity contribution in [1.82, 2.24) is 4.98 Å². The number of halogens is 1. The van der Waals surface area contributed by atoms with Crippen LogP contribution in [0.3, 0.4) is 0 Å². The molecule has 0 radical (unpaired) electrons. The first kappa shape index (κ1) is 19.3. The van der Waals surface area contributed by atoms with Crippen LogP contribution in [-0.2, 0) is 16.1 Å². The third-order valence-corrected chi connectivity index (χ3v) is 5.33. The van der Waals surface area contributed by atoms with Crippen molar-refractivity contribution >= 4 is 35.0 Å². The molecule has 0 aliphatic rings. The molecule has 0 amide bonds. The number of nitrogens with zero attached hydrogens (tertiary/aromatic N) is 1. The van der Waals surface area contributed by atoms with Gasteiger partial charge in [0.15, 0.2) is 0 Å². The second-order valence-corrected chi connectivity index (χ2v) is 7.65. The molecule has 27 heavy (non-hydrogen) atoms. The lowest BCUT2D eigenvalue weighted by molar-refractivity contribution is -0.139. The van der Waals surface area contributed by atoms with E-state index in [1.54, 1.807) is 23.5 Å². The Morgan fingerprint density at radius 1 is 1.19 bits per heavy atom. The van der Waals surface area contributed by atoms with Gasteiger partial charge in [-0.2, -0.15) is 0 Å². The highest BCUT2D eigenvalue weighted by Crippen LogP contribution is 2.26. The van der Waals surface area contributed by atoms with E-state index in [0.717, 1.165) is 21.8 Å². The van der Waals surface area contributed by atoms with E-state index in [-0.39, 0.29) is 6.61 Å². The first-order valence-corrected chi connectivity index (χ1v) is 9.93. The number of carbonyl (C=O) groups is 1. The summed E-state index contributed by atoms with van der Waals surface area (Å²) in [7, 11) is 0. The molecule has 3 aromatic rings. The zero-order chi connectivity index (χ0) is 19.2. The zero-order valence-electron chi connectivity index (χ0n) is 15.2. The van der Waals surface area contributed by atoms with Gasteiger partial charge in [0.2, 0.25) is 0 Å². The maximum absolute atomic E-state index is 11.9. The zero-order valence-corrected chi connectivity index (χ0v) is 16.8. The molecule has 2 aromatic carbocycles. The minimum atomic E-state index is -0.425. The highest BCUT2D eigenvalue weighted by Gasteiger charge is 2.08. The largest absolute Gasteiger partial charge is 0.456 e. The Morgan fingerprint density at radius 2 is 1.93 bits per heavy atom. The van der Waals surface area contributed by atoms with Gasteiger partial charge in [0.25, 0.3) is 0 Å². The first-order valence-electron chi connectivity index (χ1n) is 8.67. The van der Waals surface area contributed by atoms with Crippen LogP contribution < -0.4 is 0 Å². The minimum Gasteiger partial charge on any atom is -0.456 e. The van der Waals surface area contributed by atoms with Crippen molar-refractivity contribution in [3.63, 3.8) is 0 Å². The van der Waals surface area contributed by atoms with E-state index in [1.807, 2.05) is 23.6 Å². The average molecular weight is 398 g/mol. The van der Waals surface area contributed by atoms with Crippen LogP contribution in [0.25, 0.3) is 16.6 Å². The van der Waals surface area contributed by atoms with E-state index in [1.165, 1.54) is 11.6 Å².